The normalized spacial score (nSPS) is 30.8. The van der Waals surface area contributed by atoms with E-state index >= 15 is 0 Å². The van der Waals surface area contributed by atoms with Gasteiger partial charge in [-0.2, -0.15) is 0 Å². The minimum absolute atomic E-state index is 0. The molecule has 1 aliphatic heterocycles. The van der Waals surface area contributed by atoms with E-state index in [0.717, 1.165) is 19.5 Å². The number of ether oxygens (including phenoxy) is 1. The van der Waals surface area contributed by atoms with Crippen LogP contribution >= 0.6 is 12.4 Å². The van der Waals surface area contributed by atoms with Gasteiger partial charge in [-0.25, -0.2) is 0 Å². The summed E-state index contributed by atoms with van der Waals surface area (Å²) in [6, 6.07) is 0.304. The van der Waals surface area contributed by atoms with Gasteiger partial charge in [0.2, 0.25) is 5.91 Å². The summed E-state index contributed by atoms with van der Waals surface area (Å²) in [5.41, 5.74) is 6.14. The fourth-order valence-corrected chi connectivity index (χ4v) is 3.18. The van der Waals surface area contributed by atoms with Gasteiger partial charge in [0.05, 0.1) is 13.0 Å². The molecule has 18 heavy (non-hydrogen) atoms. The average Bonchev–Trinajstić information content (AvgIpc) is 2.75. The number of halogens is 1. The van der Waals surface area contributed by atoms with Crippen molar-refractivity contribution in [2.45, 2.75) is 38.6 Å². The maximum absolute atomic E-state index is 12.0. The number of hydrogen-bond donors (Lipinski definition) is 1. The minimum atomic E-state index is 0. The molecule has 2 aliphatic rings. The Morgan fingerprint density at radius 3 is 2.83 bits per heavy atom. The minimum Gasteiger partial charge on any atom is -0.381 e. The molecule has 1 amide bonds. The zero-order valence-electron chi connectivity index (χ0n) is 11.1. The van der Waals surface area contributed by atoms with Crippen LogP contribution in [0.5, 0.6) is 0 Å². The van der Waals surface area contributed by atoms with Crippen LogP contribution in [0.1, 0.15) is 32.6 Å². The van der Waals surface area contributed by atoms with E-state index in [-0.39, 0.29) is 18.3 Å². The summed E-state index contributed by atoms with van der Waals surface area (Å²) in [4.78, 5) is 14.0. The van der Waals surface area contributed by atoms with E-state index in [1.54, 1.807) is 0 Å². The topological polar surface area (TPSA) is 55.6 Å². The number of nitrogens with two attached hydrogens (primary N) is 1. The van der Waals surface area contributed by atoms with E-state index in [4.69, 9.17) is 10.5 Å². The summed E-state index contributed by atoms with van der Waals surface area (Å²) in [5.74, 6) is 1.43. The molecule has 3 unspecified atom stereocenters. The van der Waals surface area contributed by atoms with E-state index in [1.807, 2.05) is 11.8 Å². The first kappa shape index (κ1) is 15.7. The van der Waals surface area contributed by atoms with Crippen molar-refractivity contribution in [3.63, 3.8) is 0 Å². The molecule has 4 nitrogen and oxygen atoms in total. The molecule has 0 spiro atoms. The lowest BCUT2D eigenvalue weighted by Crippen LogP contribution is -2.38. The SMILES string of the molecule is CCOCCC(=O)N1CC2CCCC(N)C2C1.Cl. The number of fused-ring (bicyclic) bond motifs is 1. The highest BCUT2D eigenvalue weighted by Gasteiger charge is 2.39. The van der Waals surface area contributed by atoms with Gasteiger partial charge in [-0.15, -0.1) is 12.4 Å². The van der Waals surface area contributed by atoms with Crippen LogP contribution in [0.2, 0.25) is 0 Å². The number of likely N-dealkylation sites (tertiary alicyclic amines) is 1. The molecule has 0 aromatic rings. The largest absolute Gasteiger partial charge is 0.381 e. The highest BCUT2D eigenvalue weighted by atomic mass is 35.5. The van der Waals surface area contributed by atoms with Gasteiger partial charge >= 0.3 is 0 Å². The first-order valence-corrected chi connectivity index (χ1v) is 6.83. The number of nitrogens with zero attached hydrogens (tertiary/aromatic N) is 1. The standard InChI is InChI=1S/C13H24N2O2.ClH/c1-2-17-7-6-13(16)15-8-10-4-3-5-12(14)11(10)9-15;/h10-12H,2-9,14H2,1H3;1H. The highest BCUT2D eigenvalue weighted by Crippen LogP contribution is 2.35. The maximum atomic E-state index is 12.0. The Morgan fingerprint density at radius 1 is 1.39 bits per heavy atom. The summed E-state index contributed by atoms with van der Waals surface area (Å²) >= 11 is 0. The van der Waals surface area contributed by atoms with Crippen LogP contribution in [0.25, 0.3) is 0 Å². The number of amides is 1. The summed E-state index contributed by atoms with van der Waals surface area (Å²) < 4.78 is 5.23. The van der Waals surface area contributed by atoms with Gasteiger partial charge < -0.3 is 15.4 Å². The van der Waals surface area contributed by atoms with E-state index < -0.39 is 0 Å². The third kappa shape index (κ3) is 3.59. The number of hydrogen-bond acceptors (Lipinski definition) is 3. The first-order valence-electron chi connectivity index (χ1n) is 6.83. The van der Waals surface area contributed by atoms with Crippen LogP contribution in [-0.4, -0.2) is 43.2 Å². The maximum Gasteiger partial charge on any atom is 0.224 e. The molecule has 3 atom stereocenters. The van der Waals surface area contributed by atoms with Gasteiger partial charge in [-0.1, -0.05) is 6.42 Å². The van der Waals surface area contributed by atoms with Gasteiger partial charge in [0.1, 0.15) is 0 Å². The highest BCUT2D eigenvalue weighted by molar-refractivity contribution is 5.85. The van der Waals surface area contributed by atoms with Crippen molar-refractivity contribution in [2.75, 3.05) is 26.3 Å². The van der Waals surface area contributed by atoms with Crippen LogP contribution < -0.4 is 5.73 Å². The van der Waals surface area contributed by atoms with E-state index in [2.05, 4.69) is 0 Å². The first-order chi connectivity index (χ1) is 8.22. The summed E-state index contributed by atoms with van der Waals surface area (Å²) in [5, 5.41) is 0. The third-order valence-corrected chi connectivity index (χ3v) is 4.17. The fraction of sp³-hybridized carbons (Fsp3) is 0.923. The van der Waals surface area contributed by atoms with Crippen molar-refractivity contribution in [1.82, 2.24) is 4.90 Å². The van der Waals surface area contributed by atoms with Crippen molar-refractivity contribution in [1.29, 1.82) is 0 Å². The molecule has 1 saturated heterocycles. The van der Waals surface area contributed by atoms with Crippen LogP contribution in [0.4, 0.5) is 0 Å². The fourth-order valence-electron chi connectivity index (χ4n) is 3.18. The van der Waals surface area contributed by atoms with Crippen LogP contribution in [0.3, 0.4) is 0 Å². The Morgan fingerprint density at radius 2 is 2.17 bits per heavy atom. The molecular weight excluding hydrogens is 252 g/mol. The van der Waals surface area contributed by atoms with Crippen molar-refractivity contribution >= 4 is 18.3 Å². The van der Waals surface area contributed by atoms with Crippen molar-refractivity contribution in [2.24, 2.45) is 17.6 Å². The molecule has 106 valence electrons. The third-order valence-electron chi connectivity index (χ3n) is 4.17. The Balaban J connectivity index is 0.00000162. The van der Waals surface area contributed by atoms with Gasteiger partial charge in [-0.05, 0) is 31.6 Å². The Bertz CT molecular complexity index is 276. The molecular formula is C13H25ClN2O2. The second kappa shape index (κ2) is 7.31. The molecule has 2 fully saturated rings. The zero-order chi connectivity index (χ0) is 12.3. The quantitative estimate of drug-likeness (QED) is 0.790. The molecule has 1 heterocycles. The number of carbonyl (C=O) groups is 1. The summed E-state index contributed by atoms with van der Waals surface area (Å²) in [7, 11) is 0. The lowest BCUT2D eigenvalue weighted by molar-refractivity contribution is -0.131. The van der Waals surface area contributed by atoms with Gasteiger partial charge in [0.15, 0.2) is 0 Å². The molecule has 2 rings (SSSR count). The van der Waals surface area contributed by atoms with Crippen LogP contribution in [-0.2, 0) is 9.53 Å². The molecule has 0 radical (unpaired) electrons. The molecule has 0 bridgehead atoms. The monoisotopic (exact) mass is 276 g/mol. The predicted molar refractivity (Wildman–Crippen MR) is 73.7 cm³/mol. The summed E-state index contributed by atoms with van der Waals surface area (Å²) in [6.45, 7) is 4.98. The van der Waals surface area contributed by atoms with Gasteiger partial charge in [0.25, 0.3) is 0 Å². The molecule has 1 saturated carbocycles. The Hall–Kier alpha value is -0.320. The van der Waals surface area contributed by atoms with Crippen molar-refractivity contribution in [3.8, 4) is 0 Å². The Kier molecular flexibility index (Phi) is 6.39. The van der Waals surface area contributed by atoms with E-state index in [0.29, 0.717) is 37.5 Å². The van der Waals surface area contributed by atoms with Crippen molar-refractivity contribution in [3.05, 3.63) is 0 Å². The number of carbonyl (C=O) groups excluding carboxylic acids is 1. The van der Waals surface area contributed by atoms with Gasteiger partial charge in [0, 0.05) is 25.7 Å². The zero-order valence-corrected chi connectivity index (χ0v) is 12.0. The molecule has 1 aliphatic carbocycles. The lowest BCUT2D eigenvalue weighted by Gasteiger charge is -2.29. The van der Waals surface area contributed by atoms with Crippen molar-refractivity contribution < 1.29 is 9.53 Å². The lowest BCUT2D eigenvalue weighted by atomic mass is 9.78. The molecule has 2 N–H and O–H groups in total. The summed E-state index contributed by atoms with van der Waals surface area (Å²) in [6.07, 6.45) is 4.11. The van der Waals surface area contributed by atoms with Gasteiger partial charge in [-0.3, -0.25) is 4.79 Å². The van der Waals surface area contributed by atoms with E-state index in [9.17, 15) is 4.79 Å². The average molecular weight is 277 g/mol. The van der Waals surface area contributed by atoms with E-state index in [1.165, 1.54) is 12.8 Å². The Labute approximate surface area is 116 Å². The van der Waals surface area contributed by atoms with Crippen LogP contribution in [0.15, 0.2) is 0 Å². The number of rotatable bonds is 4. The second-order valence-electron chi connectivity index (χ2n) is 5.26. The molecule has 5 heteroatoms. The second-order valence-corrected chi connectivity index (χ2v) is 5.26. The molecule has 0 aromatic heterocycles. The molecule has 0 aromatic carbocycles. The predicted octanol–water partition coefficient (Wildman–Crippen LogP) is 1.42. The smallest absolute Gasteiger partial charge is 0.224 e. The van der Waals surface area contributed by atoms with Crippen LogP contribution in [0, 0.1) is 11.8 Å².